The third-order valence-electron chi connectivity index (χ3n) is 3.12. The molecule has 1 aromatic carbocycles. The monoisotopic (exact) mass is 279 g/mol. The Morgan fingerprint density at radius 1 is 1.45 bits per heavy atom. The van der Waals surface area contributed by atoms with Crippen LogP contribution in [-0.2, 0) is 0 Å². The second kappa shape index (κ2) is 6.47. The van der Waals surface area contributed by atoms with Crippen LogP contribution < -0.4 is 10.5 Å². The lowest BCUT2D eigenvalue weighted by Gasteiger charge is -2.06. The average Bonchev–Trinajstić information content (AvgIpc) is 2.95. The zero-order valence-corrected chi connectivity index (χ0v) is 11.6. The van der Waals surface area contributed by atoms with Crippen molar-refractivity contribution in [3.8, 4) is 17.1 Å². The van der Waals surface area contributed by atoms with Crippen LogP contribution in [0.5, 0.6) is 5.75 Å². The fraction of sp³-hybridized carbons (Fsp3) is 0.429. The van der Waals surface area contributed by atoms with Gasteiger partial charge in [-0.15, -0.1) is 0 Å². The van der Waals surface area contributed by atoms with Crippen LogP contribution in [0.15, 0.2) is 22.7 Å². The first-order valence-corrected chi connectivity index (χ1v) is 6.57. The Morgan fingerprint density at radius 3 is 2.90 bits per heavy atom. The number of halogens is 1. The lowest BCUT2D eigenvalue weighted by molar-refractivity contribution is 0.347. The minimum absolute atomic E-state index is 0.0589. The van der Waals surface area contributed by atoms with Crippen molar-refractivity contribution < 1.29 is 13.7 Å². The lowest BCUT2D eigenvalue weighted by Crippen LogP contribution is -2.12. The van der Waals surface area contributed by atoms with Gasteiger partial charge in [0.1, 0.15) is 0 Å². The SMILES string of the molecule is CCCC(CN)c1nc(-c2ccc(F)c(OC)c2)no1. The molecule has 1 aromatic heterocycles. The molecule has 0 saturated carbocycles. The molecule has 0 aliphatic heterocycles. The predicted molar refractivity (Wildman–Crippen MR) is 72.9 cm³/mol. The van der Waals surface area contributed by atoms with Crippen LogP contribution >= 0.6 is 0 Å². The first kappa shape index (κ1) is 14.5. The van der Waals surface area contributed by atoms with Gasteiger partial charge in [-0.2, -0.15) is 4.98 Å². The number of methoxy groups -OCH3 is 1. The molecule has 2 rings (SSSR count). The van der Waals surface area contributed by atoms with Gasteiger partial charge in [0.2, 0.25) is 11.7 Å². The van der Waals surface area contributed by atoms with Gasteiger partial charge in [-0.1, -0.05) is 18.5 Å². The number of nitrogens with zero attached hydrogens (tertiary/aromatic N) is 2. The first-order valence-electron chi connectivity index (χ1n) is 6.57. The van der Waals surface area contributed by atoms with Crippen LogP contribution in [0.1, 0.15) is 31.6 Å². The van der Waals surface area contributed by atoms with Crippen molar-refractivity contribution in [1.82, 2.24) is 10.1 Å². The van der Waals surface area contributed by atoms with E-state index in [-0.39, 0.29) is 11.7 Å². The number of nitrogens with two attached hydrogens (primary N) is 1. The van der Waals surface area contributed by atoms with E-state index in [0.717, 1.165) is 12.8 Å². The number of hydrogen-bond donors (Lipinski definition) is 1. The summed E-state index contributed by atoms with van der Waals surface area (Å²) in [6.07, 6.45) is 1.88. The second-order valence-corrected chi connectivity index (χ2v) is 4.53. The molecule has 0 aliphatic carbocycles. The molecule has 0 fully saturated rings. The number of rotatable bonds is 6. The van der Waals surface area contributed by atoms with Crippen LogP contribution in [0.2, 0.25) is 0 Å². The topological polar surface area (TPSA) is 74.2 Å². The highest BCUT2D eigenvalue weighted by molar-refractivity contribution is 5.57. The Morgan fingerprint density at radius 2 is 2.25 bits per heavy atom. The lowest BCUT2D eigenvalue weighted by atomic mass is 10.0. The highest BCUT2D eigenvalue weighted by atomic mass is 19.1. The molecule has 108 valence electrons. The van der Waals surface area contributed by atoms with Crippen LogP contribution in [0.3, 0.4) is 0 Å². The zero-order valence-electron chi connectivity index (χ0n) is 11.6. The molecule has 2 aromatic rings. The predicted octanol–water partition coefficient (Wildman–Crippen LogP) is 2.73. The maximum atomic E-state index is 13.4. The Bertz CT molecular complexity index is 571. The Labute approximate surface area is 116 Å². The Kier molecular flexibility index (Phi) is 4.68. The summed E-state index contributed by atoms with van der Waals surface area (Å²) in [5.41, 5.74) is 6.35. The van der Waals surface area contributed by atoms with Crippen molar-refractivity contribution in [2.24, 2.45) is 5.73 Å². The van der Waals surface area contributed by atoms with Gasteiger partial charge in [-0.25, -0.2) is 4.39 Å². The van der Waals surface area contributed by atoms with E-state index in [1.165, 1.54) is 13.2 Å². The standard InChI is InChI=1S/C14H18FN3O2/c1-3-4-10(8-16)14-17-13(18-20-14)9-5-6-11(15)12(7-9)19-2/h5-7,10H,3-4,8,16H2,1-2H3. The molecule has 1 heterocycles. The molecule has 2 N–H and O–H groups in total. The Hall–Kier alpha value is -1.95. The van der Waals surface area contributed by atoms with E-state index in [1.807, 2.05) is 0 Å². The molecule has 5 nitrogen and oxygen atoms in total. The van der Waals surface area contributed by atoms with Gasteiger partial charge in [-0.05, 0) is 24.6 Å². The van der Waals surface area contributed by atoms with E-state index in [1.54, 1.807) is 12.1 Å². The summed E-state index contributed by atoms with van der Waals surface area (Å²) in [5, 5.41) is 3.92. The van der Waals surface area contributed by atoms with E-state index in [2.05, 4.69) is 17.1 Å². The summed E-state index contributed by atoms with van der Waals surface area (Å²) < 4.78 is 23.6. The zero-order chi connectivity index (χ0) is 14.5. The molecular weight excluding hydrogens is 261 g/mol. The van der Waals surface area contributed by atoms with Gasteiger partial charge in [0, 0.05) is 12.1 Å². The summed E-state index contributed by atoms with van der Waals surface area (Å²) in [4.78, 5) is 4.34. The fourth-order valence-electron chi connectivity index (χ4n) is 2.01. The highest BCUT2D eigenvalue weighted by Crippen LogP contribution is 2.26. The van der Waals surface area contributed by atoms with Crippen LogP contribution in [0.25, 0.3) is 11.4 Å². The number of benzene rings is 1. The molecular formula is C14H18FN3O2. The molecule has 0 amide bonds. The Balaban J connectivity index is 2.28. The summed E-state index contributed by atoms with van der Waals surface area (Å²) in [6, 6.07) is 4.45. The normalized spacial score (nSPS) is 12.4. The van der Waals surface area contributed by atoms with Gasteiger partial charge >= 0.3 is 0 Å². The van der Waals surface area contributed by atoms with Crippen molar-refractivity contribution >= 4 is 0 Å². The molecule has 0 radical (unpaired) electrons. The van der Waals surface area contributed by atoms with Gasteiger partial charge in [-0.3, -0.25) is 0 Å². The van der Waals surface area contributed by atoms with Gasteiger partial charge < -0.3 is 15.0 Å². The molecule has 0 saturated heterocycles. The van der Waals surface area contributed by atoms with Crippen LogP contribution in [-0.4, -0.2) is 23.8 Å². The molecule has 0 spiro atoms. The summed E-state index contributed by atoms with van der Waals surface area (Å²) in [7, 11) is 1.41. The van der Waals surface area contributed by atoms with Crippen LogP contribution in [0.4, 0.5) is 4.39 Å². The summed E-state index contributed by atoms with van der Waals surface area (Å²) >= 11 is 0. The maximum absolute atomic E-state index is 13.4. The molecule has 1 atom stereocenters. The fourth-order valence-corrected chi connectivity index (χ4v) is 2.01. The van der Waals surface area contributed by atoms with E-state index in [4.69, 9.17) is 15.0 Å². The summed E-state index contributed by atoms with van der Waals surface area (Å²) in [6.45, 7) is 2.53. The van der Waals surface area contributed by atoms with E-state index in [9.17, 15) is 4.39 Å². The highest BCUT2D eigenvalue weighted by Gasteiger charge is 2.18. The van der Waals surface area contributed by atoms with Crippen molar-refractivity contribution in [3.05, 3.63) is 29.9 Å². The van der Waals surface area contributed by atoms with E-state index in [0.29, 0.717) is 23.8 Å². The van der Waals surface area contributed by atoms with Crippen LogP contribution in [0, 0.1) is 5.82 Å². The number of aromatic nitrogens is 2. The van der Waals surface area contributed by atoms with E-state index < -0.39 is 5.82 Å². The largest absolute Gasteiger partial charge is 0.494 e. The molecule has 6 heteroatoms. The quantitative estimate of drug-likeness (QED) is 0.880. The smallest absolute Gasteiger partial charge is 0.231 e. The molecule has 1 unspecified atom stereocenters. The molecule has 20 heavy (non-hydrogen) atoms. The van der Waals surface area contributed by atoms with E-state index >= 15 is 0 Å². The summed E-state index contributed by atoms with van der Waals surface area (Å²) in [5.74, 6) is 0.715. The minimum Gasteiger partial charge on any atom is -0.494 e. The van der Waals surface area contributed by atoms with Gasteiger partial charge in [0.15, 0.2) is 11.6 Å². The van der Waals surface area contributed by atoms with Crippen molar-refractivity contribution in [1.29, 1.82) is 0 Å². The number of hydrogen-bond acceptors (Lipinski definition) is 5. The van der Waals surface area contributed by atoms with Gasteiger partial charge in [0.05, 0.1) is 13.0 Å². The minimum atomic E-state index is -0.425. The number of ether oxygens (including phenoxy) is 1. The van der Waals surface area contributed by atoms with Crippen molar-refractivity contribution in [2.75, 3.05) is 13.7 Å². The van der Waals surface area contributed by atoms with Crippen molar-refractivity contribution in [2.45, 2.75) is 25.7 Å². The third kappa shape index (κ3) is 2.96. The maximum Gasteiger partial charge on any atom is 0.231 e. The molecule has 0 bridgehead atoms. The molecule has 0 aliphatic rings. The first-order chi connectivity index (χ1) is 9.69. The average molecular weight is 279 g/mol. The van der Waals surface area contributed by atoms with Crippen molar-refractivity contribution in [3.63, 3.8) is 0 Å². The third-order valence-corrected chi connectivity index (χ3v) is 3.12. The second-order valence-electron chi connectivity index (χ2n) is 4.53. The van der Waals surface area contributed by atoms with Gasteiger partial charge in [0.25, 0.3) is 0 Å².